The van der Waals surface area contributed by atoms with Gasteiger partial charge in [0, 0.05) is 25.5 Å². The maximum Gasteiger partial charge on any atom is 0.349 e. The molecule has 2 aromatic heterocycles. The number of hydrogen-bond acceptors (Lipinski definition) is 6. The van der Waals surface area contributed by atoms with Crippen LogP contribution in [0.5, 0.6) is 0 Å². The van der Waals surface area contributed by atoms with Gasteiger partial charge >= 0.3 is 5.97 Å². The highest BCUT2D eigenvalue weighted by molar-refractivity contribution is 7.17. The second-order valence-electron chi connectivity index (χ2n) is 3.96. The minimum absolute atomic E-state index is 0.342. The van der Waals surface area contributed by atoms with Gasteiger partial charge in [-0.05, 0) is 12.8 Å². The number of aromatic nitrogens is 3. The molecular weight excluding hydrogens is 264 g/mol. The predicted molar refractivity (Wildman–Crippen MR) is 73.4 cm³/mol. The Balaban J connectivity index is 1.65. The number of nitrogens with one attached hydrogen (secondary N) is 1. The van der Waals surface area contributed by atoms with Crippen molar-refractivity contribution in [3.8, 4) is 0 Å². The molecule has 102 valence electrons. The van der Waals surface area contributed by atoms with E-state index in [0.717, 1.165) is 31.1 Å². The van der Waals surface area contributed by atoms with E-state index in [4.69, 9.17) is 0 Å². The van der Waals surface area contributed by atoms with E-state index in [2.05, 4.69) is 24.6 Å². The lowest BCUT2D eigenvalue weighted by molar-refractivity contribution is 0.0606. The number of hydrogen-bond donors (Lipinski definition) is 1. The van der Waals surface area contributed by atoms with E-state index < -0.39 is 0 Å². The number of carbonyl (C=O) groups is 1. The smallest absolute Gasteiger partial charge is 0.349 e. The van der Waals surface area contributed by atoms with Gasteiger partial charge in [-0.3, -0.25) is 0 Å². The highest BCUT2D eigenvalue weighted by atomic mass is 32.1. The summed E-state index contributed by atoms with van der Waals surface area (Å²) in [6.45, 7) is 1.80. The third-order valence-electron chi connectivity index (χ3n) is 2.57. The van der Waals surface area contributed by atoms with Gasteiger partial charge in [-0.15, -0.1) is 0 Å². The molecule has 0 amide bonds. The Labute approximate surface area is 115 Å². The van der Waals surface area contributed by atoms with Crippen molar-refractivity contribution in [1.82, 2.24) is 14.5 Å². The average molecular weight is 280 g/mol. The summed E-state index contributed by atoms with van der Waals surface area (Å²) in [6.07, 6.45) is 9.18. The van der Waals surface area contributed by atoms with Crippen molar-refractivity contribution in [2.24, 2.45) is 0 Å². The minimum Gasteiger partial charge on any atom is -0.465 e. The zero-order valence-corrected chi connectivity index (χ0v) is 11.5. The maximum absolute atomic E-state index is 11.2. The number of anilines is 1. The van der Waals surface area contributed by atoms with E-state index in [1.807, 2.05) is 12.5 Å². The third-order valence-corrected chi connectivity index (χ3v) is 3.51. The van der Waals surface area contributed by atoms with Crippen LogP contribution in [0.1, 0.15) is 22.5 Å². The quantitative estimate of drug-likeness (QED) is 0.620. The first-order valence-electron chi connectivity index (χ1n) is 6.03. The maximum atomic E-state index is 11.2. The van der Waals surface area contributed by atoms with Gasteiger partial charge in [0.05, 0.1) is 19.6 Å². The lowest BCUT2D eigenvalue weighted by atomic mass is 10.3. The van der Waals surface area contributed by atoms with Crippen LogP contribution in [0.2, 0.25) is 0 Å². The van der Waals surface area contributed by atoms with Gasteiger partial charge in [0.15, 0.2) is 5.13 Å². The Kier molecular flexibility index (Phi) is 4.91. The summed E-state index contributed by atoms with van der Waals surface area (Å²) in [5, 5.41) is 3.95. The Morgan fingerprint density at radius 3 is 3.16 bits per heavy atom. The minimum atomic E-state index is -0.342. The molecule has 0 saturated carbocycles. The molecule has 0 aromatic carbocycles. The molecule has 0 aliphatic heterocycles. The lowest BCUT2D eigenvalue weighted by Gasteiger charge is -2.03. The summed E-state index contributed by atoms with van der Waals surface area (Å²) in [6, 6.07) is 0. The fourth-order valence-electron chi connectivity index (χ4n) is 1.58. The SMILES string of the molecule is COC(=O)c1cnc(NCCCCn2ccnc2)s1. The van der Waals surface area contributed by atoms with E-state index in [1.165, 1.54) is 24.6 Å². The number of rotatable bonds is 7. The average Bonchev–Trinajstić information content (AvgIpc) is 3.08. The van der Waals surface area contributed by atoms with Crippen molar-refractivity contribution in [3.63, 3.8) is 0 Å². The molecule has 6 nitrogen and oxygen atoms in total. The zero-order valence-electron chi connectivity index (χ0n) is 10.7. The van der Waals surface area contributed by atoms with Gasteiger partial charge in [-0.2, -0.15) is 0 Å². The zero-order chi connectivity index (χ0) is 13.5. The van der Waals surface area contributed by atoms with Crippen LogP contribution in [0.4, 0.5) is 5.13 Å². The van der Waals surface area contributed by atoms with Crippen molar-refractivity contribution in [2.45, 2.75) is 19.4 Å². The fourth-order valence-corrected chi connectivity index (χ4v) is 2.34. The summed E-state index contributed by atoms with van der Waals surface area (Å²) in [5.41, 5.74) is 0. The van der Waals surface area contributed by atoms with Gasteiger partial charge in [0.25, 0.3) is 0 Å². The number of thiazole rings is 1. The molecule has 0 atom stereocenters. The second-order valence-corrected chi connectivity index (χ2v) is 4.99. The molecule has 2 rings (SSSR count). The summed E-state index contributed by atoms with van der Waals surface area (Å²) in [5.74, 6) is -0.342. The van der Waals surface area contributed by atoms with E-state index in [0.29, 0.717) is 4.88 Å². The highest BCUT2D eigenvalue weighted by Crippen LogP contribution is 2.18. The molecule has 0 aliphatic rings. The van der Waals surface area contributed by atoms with Crippen LogP contribution < -0.4 is 5.32 Å². The van der Waals surface area contributed by atoms with Gasteiger partial charge in [-0.25, -0.2) is 14.8 Å². The largest absolute Gasteiger partial charge is 0.465 e. The molecule has 1 N–H and O–H groups in total. The van der Waals surface area contributed by atoms with Crippen LogP contribution in [-0.2, 0) is 11.3 Å². The lowest BCUT2D eigenvalue weighted by Crippen LogP contribution is -2.03. The first-order chi connectivity index (χ1) is 9.29. The van der Waals surface area contributed by atoms with Gasteiger partial charge in [0.2, 0.25) is 0 Å². The van der Waals surface area contributed by atoms with Crippen LogP contribution >= 0.6 is 11.3 Å². The third kappa shape index (κ3) is 4.06. The van der Waals surface area contributed by atoms with Crippen molar-refractivity contribution in [3.05, 3.63) is 29.8 Å². The van der Waals surface area contributed by atoms with Crippen molar-refractivity contribution in [1.29, 1.82) is 0 Å². The molecule has 2 aromatic rings. The summed E-state index contributed by atoms with van der Waals surface area (Å²) >= 11 is 1.31. The van der Waals surface area contributed by atoms with E-state index in [9.17, 15) is 4.79 Å². The predicted octanol–water partition coefficient (Wildman–Crippen LogP) is 2.02. The second kappa shape index (κ2) is 6.89. The monoisotopic (exact) mass is 280 g/mol. The molecule has 0 radical (unpaired) electrons. The first-order valence-corrected chi connectivity index (χ1v) is 6.85. The molecule has 2 heterocycles. The van der Waals surface area contributed by atoms with Crippen LogP contribution in [0.3, 0.4) is 0 Å². The number of methoxy groups -OCH3 is 1. The summed E-state index contributed by atoms with van der Waals surface area (Å²) in [7, 11) is 1.37. The number of unbranched alkanes of at least 4 members (excludes halogenated alkanes) is 1. The number of nitrogens with zero attached hydrogens (tertiary/aromatic N) is 3. The number of imidazole rings is 1. The Morgan fingerprint density at radius 2 is 2.42 bits per heavy atom. The number of ether oxygens (including phenoxy) is 1. The summed E-state index contributed by atoms with van der Waals surface area (Å²) in [4.78, 5) is 19.9. The Hall–Kier alpha value is -1.89. The van der Waals surface area contributed by atoms with Crippen molar-refractivity contribution >= 4 is 22.4 Å². The van der Waals surface area contributed by atoms with E-state index in [1.54, 1.807) is 6.20 Å². The molecular formula is C12H16N4O2S. The summed E-state index contributed by atoms with van der Waals surface area (Å²) < 4.78 is 6.68. The van der Waals surface area contributed by atoms with Crippen LogP contribution in [0.15, 0.2) is 24.9 Å². The standard InChI is InChI=1S/C12H16N4O2S/c1-18-11(17)10-8-15-12(19-10)14-4-2-3-6-16-7-5-13-9-16/h5,7-9H,2-4,6H2,1H3,(H,14,15). The van der Waals surface area contributed by atoms with Crippen LogP contribution in [-0.4, -0.2) is 34.2 Å². The van der Waals surface area contributed by atoms with Crippen molar-refractivity contribution < 1.29 is 9.53 Å². The van der Waals surface area contributed by atoms with Gasteiger partial charge in [-0.1, -0.05) is 11.3 Å². The van der Waals surface area contributed by atoms with E-state index >= 15 is 0 Å². The molecule has 0 fully saturated rings. The Bertz CT molecular complexity index is 510. The van der Waals surface area contributed by atoms with E-state index in [-0.39, 0.29) is 5.97 Å². The van der Waals surface area contributed by atoms with Gasteiger partial charge < -0.3 is 14.6 Å². The molecule has 0 saturated heterocycles. The normalized spacial score (nSPS) is 10.4. The molecule has 0 bridgehead atoms. The number of esters is 1. The topological polar surface area (TPSA) is 69.0 Å². The molecule has 19 heavy (non-hydrogen) atoms. The van der Waals surface area contributed by atoms with Crippen molar-refractivity contribution in [2.75, 3.05) is 19.0 Å². The molecule has 0 aliphatic carbocycles. The highest BCUT2D eigenvalue weighted by Gasteiger charge is 2.09. The molecule has 7 heteroatoms. The van der Waals surface area contributed by atoms with Crippen LogP contribution in [0, 0.1) is 0 Å². The van der Waals surface area contributed by atoms with Crippen LogP contribution in [0.25, 0.3) is 0 Å². The first kappa shape index (κ1) is 13.5. The fraction of sp³-hybridized carbons (Fsp3) is 0.417. The number of aryl methyl sites for hydroxylation is 1. The molecule has 0 unspecified atom stereocenters. The Morgan fingerprint density at radius 1 is 1.53 bits per heavy atom. The van der Waals surface area contributed by atoms with Gasteiger partial charge in [0.1, 0.15) is 4.88 Å². The number of carbonyl (C=O) groups excluding carboxylic acids is 1. The molecule has 0 spiro atoms.